The van der Waals surface area contributed by atoms with Crippen molar-refractivity contribution in [2.75, 3.05) is 0 Å². The van der Waals surface area contributed by atoms with Crippen molar-refractivity contribution in [3.63, 3.8) is 0 Å². The smallest absolute Gasteiger partial charge is 0.478 e. The van der Waals surface area contributed by atoms with Crippen molar-refractivity contribution in [1.82, 2.24) is 19.7 Å². The van der Waals surface area contributed by atoms with Crippen LogP contribution in [0.4, 0.5) is 0 Å². The highest BCUT2D eigenvalue weighted by molar-refractivity contribution is 6.01. The molecule has 3 aromatic heterocycles. The Morgan fingerprint density at radius 1 is 1.05 bits per heavy atom. The highest BCUT2D eigenvalue weighted by atomic mass is 16.6. The van der Waals surface area contributed by atoms with Crippen molar-refractivity contribution < 1.29 is 28.0 Å². The van der Waals surface area contributed by atoms with E-state index in [-0.39, 0.29) is 24.2 Å². The molecule has 3 aromatic carbocycles. The van der Waals surface area contributed by atoms with Gasteiger partial charge in [-0.15, -0.1) is 0 Å². The predicted molar refractivity (Wildman–Crippen MR) is 147 cm³/mol. The highest BCUT2D eigenvalue weighted by Gasteiger charge is 2.43. The summed E-state index contributed by atoms with van der Waals surface area (Å²) in [5.74, 6) is -1.16. The third-order valence-corrected chi connectivity index (χ3v) is 7.26. The molecule has 1 saturated carbocycles. The molecule has 2 N–H and O–H groups in total. The van der Waals surface area contributed by atoms with Crippen LogP contribution in [-0.4, -0.2) is 36.9 Å². The van der Waals surface area contributed by atoms with Crippen LogP contribution in [0.25, 0.3) is 33.5 Å². The summed E-state index contributed by atoms with van der Waals surface area (Å²) in [4.78, 5) is 42.2. The van der Waals surface area contributed by atoms with E-state index in [4.69, 9.17) is 14.1 Å². The van der Waals surface area contributed by atoms with Gasteiger partial charge < -0.3 is 23.2 Å². The number of nitrogens with zero attached hydrogens (tertiary/aromatic N) is 3. The SMILES string of the molecule is O=C(O)c1cccc2nc(C3CC3OCc3coc(=O)o3)n(Cc3ccc(-c4ccccc4-c4noc(=O)[nH]4)cc3)c12. The lowest BCUT2D eigenvalue weighted by atomic mass is 9.98. The van der Waals surface area contributed by atoms with Gasteiger partial charge in [0.1, 0.15) is 18.7 Å². The minimum atomic E-state index is -1.04. The maximum absolute atomic E-state index is 12.1. The molecule has 0 aliphatic heterocycles. The molecule has 2 unspecified atom stereocenters. The predicted octanol–water partition coefficient (Wildman–Crippen LogP) is 4.41. The summed E-state index contributed by atoms with van der Waals surface area (Å²) in [5.41, 5.74) is 4.71. The van der Waals surface area contributed by atoms with Crippen LogP contribution in [0.1, 0.15) is 39.8 Å². The number of carboxylic acids is 1. The Morgan fingerprint density at radius 3 is 2.57 bits per heavy atom. The lowest BCUT2D eigenvalue weighted by molar-refractivity contribution is 0.0698. The molecule has 12 heteroatoms. The fraction of sp³-hybridized carbons (Fsp3) is 0.167. The van der Waals surface area contributed by atoms with E-state index in [0.29, 0.717) is 35.6 Å². The lowest BCUT2D eigenvalue weighted by Crippen LogP contribution is -2.09. The average molecular weight is 567 g/mol. The third-order valence-electron chi connectivity index (χ3n) is 7.26. The van der Waals surface area contributed by atoms with E-state index in [0.717, 1.165) is 28.1 Å². The van der Waals surface area contributed by atoms with Gasteiger partial charge in [0.05, 0.1) is 22.7 Å². The number of carboxylic acid groups (broad SMARTS) is 1. The zero-order valence-corrected chi connectivity index (χ0v) is 21.9. The van der Waals surface area contributed by atoms with Crippen molar-refractivity contribution in [3.05, 3.63) is 117 Å². The second-order valence-corrected chi connectivity index (χ2v) is 9.97. The molecule has 7 rings (SSSR count). The second kappa shape index (κ2) is 10.2. The Labute approximate surface area is 235 Å². The maximum atomic E-state index is 12.1. The monoisotopic (exact) mass is 566 g/mol. The van der Waals surface area contributed by atoms with Gasteiger partial charge in [0.25, 0.3) is 0 Å². The summed E-state index contributed by atoms with van der Waals surface area (Å²) in [5, 5.41) is 13.8. The number of rotatable bonds is 9. The van der Waals surface area contributed by atoms with E-state index in [1.54, 1.807) is 18.2 Å². The zero-order valence-electron chi connectivity index (χ0n) is 21.9. The van der Waals surface area contributed by atoms with Crippen LogP contribution in [0.5, 0.6) is 0 Å². The van der Waals surface area contributed by atoms with Crippen LogP contribution in [0.3, 0.4) is 0 Å². The maximum Gasteiger partial charge on any atom is 0.518 e. The number of H-pyrrole nitrogens is 1. The molecule has 2 atom stereocenters. The fourth-order valence-electron chi connectivity index (χ4n) is 5.23. The van der Waals surface area contributed by atoms with Gasteiger partial charge in [0.15, 0.2) is 11.6 Å². The van der Waals surface area contributed by atoms with Gasteiger partial charge in [-0.05, 0) is 35.2 Å². The summed E-state index contributed by atoms with van der Waals surface area (Å²) >= 11 is 0. The molecule has 0 saturated heterocycles. The summed E-state index contributed by atoms with van der Waals surface area (Å²) < 4.78 is 22.1. The van der Waals surface area contributed by atoms with Crippen LogP contribution < -0.4 is 11.6 Å². The Balaban J connectivity index is 1.20. The lowest BCUT2D eigenvalue weighted by Gasteiger charge is -2.12. The molecule has 210 valence electrons. The van der Waals surface area contributed by atoms with Gasteiger partial charge in [-0.1, -0.05) is 59.8 Å². The van der Waals surface area contributed by atoms with Gasteiger partial charge in [-0.2, -0.15) is 0 Å². The van der Waals surface area contributed by atoms with E-state index in [2.05, 4.69) is 19.1 Å². The van der Waals surface area contributed by atoms with Gasteiger partial charge in [0, 0.05) is 18.0 Å². The molecule has 1 aliphatic rings. The topological polar surface area (TPSA) is 167 Å². The van der Waals surface area contributed by atoms with Crippen molar-refractivity contribution in [2.24, 2.45) is 0 Å². The number of aromatic nitrogens is 4. The molecular formula is C30H22N4O8. The summed E-state index contributed by atoms with van der Waals surface area (Å²) in [6.07, 6.45) is 1.74. The zero-order chi connectivity index (χ0) is 28.8. The second-order valence-electron chi connectivity index (χ2n) is 9.97. The minimum Gasteiger partial charge on any atom is -0.478 e. The molecular weight excluding hydrogens is 544 g/mol. The number of fused-ring (bicyclic) bond motifs is 1. The Bertz CT molecular complexity index is 2050. The number of aromatic amines is 1. The Hall–Kier alpha value is -5.49. The average Bonchev–Trinajstić information content (AvgIpc) is 3.25. The largest absolute Gasteiger partial charge is 0.518 e. The van der Waals surface area contributed by atoms with E-state index in [1.165, 1.54) is 6.26 Å². The third kappa shape index (κ3) is 4.73. The molecule has 0 amide bonds. The van der Waals surface area contributed by atoms with Crippen LogP contribution in [0.15, 0.2) is 95.9 Å². The standard InChI is InChI=1S/C30H22N4O8/c35-28(36)21-6-3-7-23-25(21)34(27(31-23)22-12-24(22)39-14-18-15-40-30(38)41-18)13-16-8-10-17(11-9-16)19-4-1-2-5-20(19)26-32-29(37)42-33-26/h1-11,15,22,24H,12-14H2,(H,35,36)(H,32,33,37). The fourth-order valence-corrected chi connectivity index (χ4v) is 5.23. The van der Waals surface area contributed by atoms with Crippen molar-refractivity contribution in [1.29, 1.82) is 0 Å². The highest BCUT2D eigenvalue weighted by Crippen LogP contribution is 2.45. The molecule has 1 fully saturated rings. The first kappa shape index (κ1) is 25.5. The molecule has 42 heavy (non-hydrogen) atoms. The van der Waals surface area contributed by atoms with Gasteiger partial charge in [-0.3, -0.25) is 9.51 Å². The van der Waals surface area contributed by atoms with Crippen molar-refractivity contribution in [2.45, 2.75) is 31.6 Å². The number of imidazole rings is 1. The normalized spacial score (nSPS) is 16.2. The van der Waals surface area contributed by atoms with Gasteiger partial charge >= 0.3 is 17.5 Å². The molecule has 0 spiro atoms. The van der Waals surface area contributed by atoms with Crippen molar-refractivity contribution in [3.8, 4) is 22.5 Å². The number of para-hydroxylation sites is 1. The number of carbonyl (C=O) groups is 1. The van der Waals surface area contributed by atoms with Crippen LogP contribution in [-0.2, 0) is 17.9 Å². The van der Waals surface area contributed by atoms with E-state index in [9.17, 15) is 19.5 Å². The Morgan fingerprint density at radius 2 is 1.86 bits per heavy atom. The quantitative estimate of drug-likeness (QED) is 0.256. The van der Waals surface area contributed by atoms with E-state index in [1.807, 2.05) is 53.1 Å². The number of hydrogen-bond acceptors (Lipinski definition) is 9. The van der Waals surface area contributed by atoms with E-state index >= 15 is 0 Å². The molecule has 1 aliphatic carbocycles. The molecule has 6 aromatic rings. The molecule has 0 radical (unpaired) electrons. The number of nitrogens with one attached hydrogen (secondary N) is 1. The number of ether oxygens (including phenoxy) is 1. The van der Waals surface area contributed by atoms with E-state index < -0.39 is 17.5 Å². The first-order chi connectivity index (χ1) is 20.4. The van der Waals surface area contributed by atoms with Crippen LogP contribution in [0.2, 0.25) is 0 Å². The number of hydrogen-bond donors (Lipinski definition) is 2. The summed E-state index contributed by atoms with van der Waals surface area (Å²) in [6.45, 7) is 0.465. The first-order valence-corrected chi connectivity index (χ1v) is 13.1. The van der Waals surface area contributed by atoms with Crippen LogP contribution in [0, 0.1) is 0 Å². The van der Waals surface area contributed by atoms with Crippen molar-refractivity contribution >= 4 is 17.0 Å². The molecule has 0 bridgehead atoms. The van der Waals surface area contributed by atoms with Crippen LogP contribution >= 0.6 is 0 Å². The number of benzene rings is 3. The van der Waals surface area contributed by atoms with Gasteiger partial charge in [-0.25, -0.2) is 19.4 Å². The Kier molecular flexibility index (Phi) is 6.16. The first-order valence-electron chi connectivity index (χ1n) is 13.1. The molecule has 3 heterocycles. The molecule has 12 nitrogen and oxygen atoms in total. The van der Waals surface area contributed by atoms with Gasteiger partial charge in [0.2, 0.25) is 0 Å². The summed E-state index contributed by atoms with van der Waals surface area (Å²) in [6, 6.07) is 20.5. The minimum absolute atomic E-state index is 0.0616. The summed E-state index contributed by atoms with van der Waals surface area (Å²) in [7, 11) is 0. The number of aromatic carboxylic acids is 1.